The van der Waals surface area contributed by atoms with Gasteiger partial charge in [-0.25, -0.2) is 13.6 Å². The fourth-order valence-electron chi connectivity index (χ4n) is 1.50. The first-order valence-corrected chi connectivity index (χ1v) is 7.88. The van der Waals surface area contributed by atoms with Crippen LogP contribution in [0.15, 0.2) is 17.3 Å². The van der Waals surface area contributed by atoms with Gasteiger partial charge in [-0.1, -0.05) is 11.6 Å². The van der Waals surface area contributed by atoms with E-state index in [4.69, 9.17) is 21.5 Å². The van der Waals surface area contributed by atoms with E-state index in [9.17, 15) is 8.42 Å². The largest absolute Gasteiger partial charge is 0.383 e. The first kappa shape index (κ1) is 14.4. The number of hydrogen-bond acceptors (Lipinski definition) is 6. The minimum absolute atomic E-state index is 0.278. The number of halogens is 1. The molecular formula is C9H11ClN4O3S2. The van der Waals surface area contributed by atoms with Crippen molar-refractivity contribution in [3.8, 4) is 10.7 Å². The van der Waals surface area contributed by atoms with Crippen LogP contribution in [0.5, 0.6) is 0 Å². The molecule has 2 rings (SSSR count). The number of nitrogens with two attached hydrogens (primary N) is 1. The van der Waals surface area contributed by atoms with E-state index in [1.807, 2.05) is 0 Å². The van der Waals surface area contributed by atoms with Crippen LogP contribution < -0.4 is 5.14 Å². The van der Waals surface area contributed by atoms with Crippen molar-refractivity contribution in [3.63, 3.8) is 0 Å². The highest BCUT2D eigenvalue weighted by Crippen LogP contribution is 2.30. The minimum Gasteiger partial charge on any atom is -0.383 e. The van der Waals surface area contributed by atoms with Gasteiger partial charge >= 0.3 is 0 Å². The fourth-order valence-corrected chi connectivity index (χ4v) is 3.18. The van der Waals surface area contributed by atoms with Crippen LogP contribution in [-0.4, -0.2) is 36.9 Å². The SMILES string of the molecule is COCCn1c(-c2ccc(Cl)s2)nnc1S(N)(=O)=O. The van der Waals surface area contributed by atoms with Crippen molar-refractivity contribution < 1.29 is 13.2 Å². The Morgan fingerprint density at radius 1 is 1.47 bits per heavy atom. The third-order valence-electron chi connectivity index (χ3n) is 2.28. The summed E-state index contributed by atoms with van der Waals surface area (Å²) in [7, 11) is -2.42. The lowest BCUT2D eigenvalue weighted by atomic mass is 10.4. The Balaban J connectivity index is 2.52. The van der Waals surface area contributed by atoms with Gasteiger partial charge in [-0.15, -0.1) is 21.5 Å². The van der Waals surface area contributed by atoms with E-state index >= 15 is 0 Å². The quantitative estimate of drug-likeness (QED) is 0.883. The molecule has 0 radical (unpaired) electrons. The number of ether oxygens (including phenoxy) is 1. The minimum atomic E-state index is -3.94. The Morgan fingerprint density at radius 3 is 2.74 bits per heavy atom. The van der Waals surface area contributed by atoms with Crippen LogP contribution >= 0.6 is 22.9 Å². The topological polar surface area (TPSA) is 100 Å². The van der Waals surface area contributed by atoms with Gasteiger partial charge < -0.3 is 4.74 Å². The number of primary sulfonamides is 1. The van der Waals surface area contributed by atoms with E-state index in [0.29, 0.717) is 21.6 Å². The van der Waals surface area contributed by atoms with Gasteiger partial charge in [0, 0.05) is 7.11 Å². The molecule has 0 aromatic carbocycles. The predicted octanol–water partition coefficient (Wildman–Crippen LogP) is 0.954. The standard InChI is InChI=1S/C9H11ClN4O3S2/c1-17-5-4-14-8(6-2-3-7(10)18-6)12-13-9(14)19(11,15)16/h2-3H,4-5H2,1H3,(H2,11,15,16). The molecule has 0 bridgehead atoms. The van der Waals surface area contributed by atoms with E-state index in [0.717, 1.165) is 0 Å². The number of nitrogens with zero attached hydrogens (tertiary/aromatic N) is 3. The second-order valence-corrected chi connectivity index (χ2v) is 6.77. The molecule has 0 amide bonds. The van der Waals surface area contributed by atoms with Gasteiger partial charge in [0.2, 0.25) is 0 Å². The van der Waals surface area contributed by atoms with Crippen molar-refractivity contribution in [1.82, 2.24) is 14.8 Å². The zero-order valence-electron chi connectivity index (χ0n) is 9.91. The molecule has 19 heavy (non-hydrogen) atoms. The summed E-state index contributed by atoms with van der Waals surface area (Å²) in [5, 5.41) is 12.3. The van der Waals surface area contributed by atoms with Gasteiger partial charge in [0.1, 0.15) is 0 Å². The van der Waals surface area contributed by atoms with Crippen LogP contribution in [0, 0.1) is 0 Å². The van der Waals surface area contributed by atoms with Gasteiger partial charge in [0.05, 0.1) is 22.4 Å². The number of hydrogen-bond donors (Lipinski definition) is 1. The number of methoxy groups -OCH3 is 1. The lowest BCUT2D eigenvalue weighted by Gasteiger charge is -2.07. The Kier molecular flexibility index (Phi) is 4.21. The molecule has 2 heterocycles. The van der Waals surface area contributed by atoms with E-state index < -0.39 is 10.0 Å². The van der Waals surface area contributed by atoms with Crippen LogP contribution in [-0.2, 0) is 21.3 Å². The zero-order chi connectivity index (χ0) is 14.0. The third kappa shape index (κ3) is 3.12. The summed E-state index contributed by atoms with van der Waals surface area (Å²) in [6.45, 7) is 0.590. The maximum atomic E-state index is 11.5. The average molecular weight is 323 g/mol. The molecule has 0 aliphatic rings. The van der Waals surface area contributed by atoms with Crippen molar-refractivity contribution in [1.29, 1.82) is 0 Å². The molecule has 104 valence electrons. The van der Waals surface area contributed by atoms with Gasteiger partial charge in [-0.3, -0.25) is 4.57 Å². The highest BCUT2D eigenvalue weighted by molar-refractivity contribution is 7.89. The Morgan fingerprint density at radius 2 is 2.21 bits per heavy atom. The summed E-state index contributed by atoms with van der Waals surface area (Å²) in [4.78, 5) is 0.712. The summed E-state index contributed by atoms with van der Waals surface area (Å²) in [5.41, 5.74) is 0. The highest BCUT2D eigenvalue weighted by Gasteiger charge is 2.22. The number of aromatic nitrogens is 3. The fraction of sp³-hybridized carbons (Fsp3) is 0.333. The maximum Gasteiger partial charge on any atom is 0.273 e. The zero-order valence-corrected chi connectivity index (χ0v) is 12.3. The number of thiophene rings is 1. The predicted molar refractivity (Wildman–Crippen MR) is 71.6 cm³/mol. The summed E-state index contributed by atoms with van der Waals surface area (Å²) in [6.07, 6.45) is 0. The molecule has 2 aromatic rings. The van der Waals surface area contributed by atoms with Crippen LogP contribution in [0.1, 0.15) is 0 Å². The third-order valence-corrected chi connectivity index (χ3v) is 4.32. The number of rotatable bonds is 5. The van der Waals surface area contributed by atoms with Gasteiger partial charge in [0.15, 0.2) is 5.82 Å². The summed E-state index contributed by atoms with van der Waals surface area (Å²) in [5.74, 6) is 0.401. The highest BCUT2D eigenvalue weighted by atomic mass is 35.5. The smallest absolute Gasteiger partial charge is 0.273 e. The van der Waals surface area contributed by atoms with E-state index in [-0.39, 0.29) is 11.7 Å². The van der Waals surface area contributed by atoms with E-state index in [1.165, 1.54) is 23.0 Å². The molecule has 0 aliphatic carbocycles. The molecule has 0 atom stereocenters. The van der Waals surface area contributed by atoms with Crippen LogP contribution in [0.3, 0.4) is 0 Å². The molecule has 0 saturated carbocycles. The molecule has 2 aromatic heterocycles. The van der Waals surface area contributed by atoms with Crippen molar-refractivity contribution >= 4 is 33.0 Å². The molecule has 0 spiro atoms. The first-order chi connectivity index (χ1) is 8.93. The normalized spacial score (nSPS) is 11.9. The van der Waals surface area contributed by atoms with Crippen molar-refractivity contribution in [2.45, 2.75) is 11.7 Å². The molecule has 7 nitrogen and oxygen atoms in total. The second kappa shape index (κ2) is 5.55. The molecule has 0 fully saturated rings. The average Bonchev–Trinajstić information content (AvgIpc) is 2.91. The summed E-state index contributed by atoms with van der Waals surface area (Å²) >= 11 is 7.14. The molecular weight excluding hydrogens is 312 g/mol. The Bertz CT molecular complexity index is 679. The lowest BCUT2D eigenvalue weighted by Crippen LogP contribution is -2.20. The van der Waals surface area contributed by atoms with Crippen LogP contribution in [0.25, 0.3) is 10.7 Å². The molecule has 0 unspecified atom stereocenters. The van der Waals surface area contributed by atoms with E-state index in [1.54, 1.807) is 12.1 Å². The van der Waals surface area contributed by atoms with Gasteiger partial charge in [-0.05, 0) is 12.1 Å². The second-order valence-electron chi connectivity index (χ2n) is 3.60. The molecule has 10 heteroatoms. The first-order valence-electron chi connectivity index (χ1n) is 5.14. The molecule has 0 saturated heterocycles. The lowest BCUT2D eigenvalue weighted by molar-refractivity contribution is 0.185. The van der Waals surface area contributed by atoms with Crippen molar-refractivity contribution in [2.24, 2.45) is 5.14 Å². The van der Waals surface area contributed by atoms with Crippen molar-refractivity contribution in [2.75, 3.05) is 13.7 Å². The molecule has 2 N–H and O–H groups in total. The Labute approximate surface area is 119 Å². The number of sulfonamides is 1. The van der Waals surface area contributed by atoms with Crippen LogP contribution in [0.4, 0.5) is 0 Å². The summed E-state index contributed by atoms with van der Waals surface area (Å²) < 4.78 is 29.8. The van der Waals surface area contributed by atoms with Crippen molar-refractivity contribution in [3.05, 3.63) is 16.5 Å². The maximum absolute atomic E-state index is 11.5. The monoisotopic (exact) mass is 322 g/mol. The van der Waals surface area contributed by atoms with Crippen LogP contribution in [0.2, 0.25) is 4.34 Å². The molecule has 0 aliphatic heterocycles. The van der Waals surface area contributed by atoms with Gasteiger partial charge in [0.25, 0.3) is 15.2 Å². The summed E-state index contributed by atoms with van der Waals surface area (Å²) in [6, 6.07) is 3.45. The van der Waals surface area contributed by atoms with Gasteiger partial charge in [-0.2, -0.15) is 0 Å². The Hall–Kier alpha value is -1.00. The van der Waals surface area contributed by atoms with E-state index in [2.05, 4.69) is 10.2 Å².